The molecule has 0 aliphatic rings. The smallest absolute Gasteiger partial charge is 0.121 e. The third-order valence-corrected chi connectivity index (χ3v) is 3.74. The van der Waals surface area contributed by atoms with Crippen LogP contribution in [0.5, 0.6) is 5.75 Å². The minimum absolute atomic E-state index is 0.666. The number of aliphatic hydroxyl groups excluding tert-OH is 1. The molecule has 3 nitrogen and oxygen atoms in total. The topological polar surface area (TPSA) is 42.4 Å². The van der Waals surface area contributed by atoms with Crippen molar-refractivity contribution in [2.75, 3.05) is 7.11 Å². The van der Waals surface area contributed by atoms with E-state index in [4.69, 9.17) is 4.74 Å². The van der Waals surface area contributed by atoms with E-state index in [-0.39, 0.29) is 0 Å². The van der Waals surface area contributed by atoms with Crippen LogP contribution in [0.3, 0.4) is 0 Å². The van der Waals surface area contributed by atoms with Crippen molar-refractivity contribution in [1.29, 1.82) is 0 Å². The highest BCUT2D eigenvalue weighted by Gasteiger charge is 2.14. The van der Waals surface area contributed by atoms with Gasteiger partial charge >= 0.3 is 0 Å². The highest BCUT2D eigenvalue weighted by molar-refractivity contribution is 5.85. The maximum Gasteiger partial charge on any atom is 0.121 e. The van der Waals surface area contributed by atoms with Gasteiger partial charge in [-0.15, -0.1) is 0 Å². The molecular formula is C18H17NO2. The minimum atomic E-state index is -0.666. The van der Waals surface area contributed by atoms with Crippen molar-refractivity contribution in [2.24, 2.45) is 0 Å². The van der Waals surface area contributed by atoms with Gasteiger partial charge in [0.05, 0.1) is 7.11 Å². The Kier molecular flexibility index (Phi) is 3.59. The van der Waals surface area contributed by atoms with E-state index >= 15 is 0 Å². The van der Waals surface area contributed by atoms with Crippen LogP contribution < -0.4 is 4.74 Å². The summed E-state index contributed by atoms with van der Waals surface area (Å²) in [6, 6.07) is 13.6. The van der Waals surface area contributed by atoms with Crippen molar-refractivity contribution in [2.45, 2.75) is 13.0 Å². The molecule has 3 aromatic rings. The molecule has 0 aliphatic carbocycles. The van der Waals surface area contributed by atoms with E-state index < -0.39 is 6.10 Å². The molecule has 1 N–H and O–H groups in total. The van der Waals surface area contributed by atoms with Gasteiger partial charge in [-0.25, -0.2) is 0 Å². The van der Waals surface area contributed by atoms with Crippen molar-refractivity contribution >= 4 is 10.8 Å². The monoisotopic (exact) mass is 279 g/mol. The molecule has 0 bridgehead atoms. The first-order valence-electron chi connectivity index (χ1n) is 6.86. The van der Waals surface area contributed by atoms with Crippen LogP contribution in [0.4, 0.5) is 0 Å². The quantitative estimate of drug-likeness (QED) is 0.796. The molecule has 106 valence electrons. The molecular weight excluding hydrogens is 262 g/mol. The summed E-state index contributed by atoms with van der Waals surface area (Å²) in [5.41, 5.74) is 2.76. The fraction of sp³-hybridized carbons (Fsp3) is 0.167. The second-order valence-electron chi connectivity index (χ2n) is 5.08. The van der Waals surface area contributed by atoms with Crippen molar-refractivity contribution in [1.82, 2.24) is 4.98 Å². The number of hydrogen-bond donors (Lipinski definition) is 1. The van der Waals surface area contributed by atoms with Crippen LogP contribution >= 0.6 is 0 Å². The van der Waals surface area contributed by atoms with Gasteiger partial charge in [0.25, 0.3) is 0 Å². The van der Waals surface area contributed by atoms with Gasteiger partial charge in [0.2, 0.25) is 0 Å². The molecule has 3 rings (SSSR count). The van der Waals surface area contributed by atoms with Gasteiger partial charge in [0, 0.05) is 17.8 Å². The van der Waals surface area contributed by atoms with Crippen LogP contribution in [0.25, 0.3) is 10.8 Å². The normalized spacial score (nSPS) is 12.3. The molecule has 0 saturated heterocycles. The fourth-order valence-electron chi connectivity index (χ4n) is 2.64. The molecule has 0 spiro atoms. The highest BCUT2D eigenvalue weighted by atomic mass is 16.5. The SMILES string of the molecule is COc1ccc(C(O)c2cccc3cnccc23)cc1C. The molecule has 0 aliphatic heterocycles. The molecule has 1 atom stereocenters. The van der Waals surface area contributed by atoms with E-state index in [0.717, 1.165) is 33.2 Å². The summed E-state index contributed by atoms with van der Waals surface area (Å²) in [6.45, 7) is 1.97. The Morgan fingerprint density at radius 2 is 2.00 bits per heavy atom. The molecule has 1 heterocycles. The van der Waals surface area contributed by atoms with Crippen LogP contribution in [0.1, 0.15) is 22.8 Å². The van der Waals surface area contributed by atoms with Gasteiger partial charge in [-0.2, -0.15) is 0 Å². The maximum absolute atomic E-state index is 10.7. The molecule has 0 amide bonds. The highest BCUT2D eigenvalue weighted by Crippen LogP contribution is 2.30. The molecule has 1 aromatic heterocycles. The number of hydrogen-bond acceptors (Lipinski definition) is 3. The largest absolute Gasteiger partial charge is 0.496 e. The van der Waals surface area contributed by atoms with Crippen molar-refractivity contribution in [3.63, 3.8) is 0 Å². The third kappa shape index (κ3) is 2.48. The number of aryl methyl sites for hydroxylation is 1. The van der Waals surface area contributed by atoms with Crippen LogP contribution in [0.15, 0.2) is 54.9 Å². The van der Waals surface area contributed by atoms with Crippen LogP contribution in [0.2, 0.25) is 0 Å². The first-order valence-corrected chi connectivity index (χ1v) is 6.86. The standard InChI is InChI=1S/C18H17NO2/c1-12-10-13(6-7-17(12)21-2)18(20)16-5-3-4-14-11-19-9-8-15(14)16/h3-11,18,20H,1-2H3. The second kappa shape index (κ2) is 5.54. The van der Waals surface area contributed by atoms with Gasteiger partial charge in [-0.05, 0) is 47.2 Å². The number of pyridine rings is 1. The van der Waals surface area contributed by atoms with Gasteiger partial charge in [0.15, 0.2) is 0 Å². The van der Waals surface area contributed by atoms with E-state index in [2.05, 4.69) is 4.98 Å². The van der Waals surface area contributed by atoms with Gasteiger partial charge in [0.1, 0.15) is 11.9 Å². The number of benzene rings is 2. The zero-order valence-corrected chi connectivity index (χ0v) is 12.1. The summed E-state index contributed by atoms with van der Waals surface area (Å²) < 4.78 is 5.27. The number of rotatable bonds is 3. The van der Waals surface area contributed by atoms with E-state index in [1.165, 1.54) is 0 Å². The summed E-state index contributed by atoms with van der Waals surface area (Å²) in [4.78, 5) is 4.12. The number of methoxy groups -OCH3 is 1. The molecule has 21 heavy (non-hydrogen) atoms. The fourth-order valence-corrected chi connectivity index (χ4v) is 2.64. The summed E-state index contributed by atoms with van der Waals surface area (Å²) in [5, 5.41) is 12.8. The zero-order valence-electron chi connectivity index (χ0n) is 12.1. The number of nitrogens with zero attached hydrogens (tertiary/aromatic N) is 1. The average Bonchev–Trinajstić information content (AvgIpc) is 2.53. The van der Waals surface area contributed by atoms with Gasteiger partial charge in [-0.3, -0.25) is 4.98 Å². The summed E-state index contributed by atoms with van der Waals surface area (Å²) in [7, 11) is 1.65. The van der Waals surface area contributed by atoms with Crippen LogP contribution in [-0.2, 0) is 0 Å². The summed E-state index contributed by atoms with van der Waals surface area (Å²) in [5.74, 6) is 0.827. The first kappa shape index (κ1) is 13.6. The Morgan fingerprint density at radius 1 is 1.14 bits per heavy atom. The molecule has 0 radical (unpaired) electrons. The average molecular weight is 279 g/mol. The molecule has 0 saturated carbocycles. The number of aromatic nitrogens is 1. The molecule has 1 unspecified atom stereocenters. The Labute approximate surface area is 123 Å². The van der Waals surface area contributed by atoms with Crippen molar-refractivity contribution < 1.29 is 9.84 Å². The lowest BCUT2D eigenvalue weighted by Crippen LogP contribution is -2.01. The van der Waals surface area contributed by atoms with E-state index in [1.54, 1.807) is 13.3 Å². The van der Waals surface area contributed by atoms with E-state index in [1.807, 2.05) is 55.6 Å². The minimum Gasteiger partial charge on any atom is -0.496 e. The molecule has 0 fully saturated rings. The third-order valence-electron chi connectivity index (χ3n) is 3.74. The predicted molar refractivity (Wildman–Crippen MR) is 83.5 cm³/mol. The zero-order chi connectivity index (χ0) is 14.8. The lowest BCUT2D eigenvalue weighted by Gasteiger charge is -2.15. The maximum atomic E-state index is 10.7. The van der Waals surface area contributed by atoms with Crippen LogP contribution in [0, 0.1) is 6.92 Å². The summed E-state index contributed by atoms with van der Waals surface area (Å²) in [6.07, 6.45) is 2.89. The van der Waals surface area contributed by atoms with E-state index in [9.17, 15) is 5.11 Å². The van der Waals surface area contributed by atoms with Gasteiger partial charge in [-0.1, -0.05) is 24.3 Å². The lowest BCUT2D eigenvalue weighted by molar-refractivity contribution is 0.221. The van der Waals surface area contributed by atoms with Crippen LogP contribution in [-0.4, -0.2) is 17.2 Å². The van der Waals surface area contributed by atoms with Crippen molar-refractivity contribution in [3.8, 4) is 5.75 Å². The molecule has 3 heteroatoms. The Bertz CT molecular complexity index is 778. The number of ether oxygens (including phenoxy) is 1. The Balaban J connectivity index is 2.08. The lowest BCUT2D eigenvalue weighted by atomic mass is 9.96. The van der Waals surface area contributed by atoms with Gasteiger partial charge < -0.3 is 9.84 Å². The Morgan fingerprint density at radius 3 is 2.76 bits per heavy atom. The van der Waals surface area contributed by atoms with Crippen molar-refractivity contribution in [3.05, 3.63) is 71.5 Å². The first-order chi connectivity index (χ1) is 10.2. The molecule has 2 aromatic carbocycles. The number of aliphatic hydroxyl groups is 1. The predicted octanol–water partition coefficient (Wildman–Crippen LogP) is 3.63. The van der Waals surface area contributed by atoms with E-state index in [0.29, 0.717) is 0 Å². The Hall–Kier alpha value is -2.39. The second-order valence-corrected chi connectivity index (χ2v) is 5.08. The summed E-state index contributed by atoms with van der Waals surface area (Å²) >= 11 is 0. The number of fused-ring (bicyclic) bond motifs is 1.